The van der Waals surface area contributed by atoms with Gasteiger partial charge in [-0.3, -0.25) is 9.78 Å². The van der Waals surface area contributed by atoms with Crippen LogP contribution in [0.15, 0.2) is 48.8 Å². The zero-order chi connectivity index (χ0) is 19.8. The van der Waals surface area contributed by atoms with E-state index in [0.29, 0.717) is 24.5 Å². The van der Waals surface area contributed by atoms with Gasteiger partial charge < -0.3 is 15.4 Å². The normalized spacial score (nSPS) is 17.9. The van der Waals surface area contributed by atoms with Crippen LogP contribution < -0.4 is 5.73 Å². The molecule has 0 radical (unpaired) electrons. The van der Waals surface area contributed by atoms with Gasteiger partial charge in [-0.25, -0.2) is 4.98 Å². The minimum absolute atomic E-state index is 0.0632. The van der Waals surface area contributed by atoms with Crippen molar-refractivity contribution in [3.8, 4) is 10.6 Å². The van der Waals surface area contributed by atoms with Gasteiger partial charge in [0.2, 0.25) is 0 Å². The monoisotopic (exact) mass is 406 g/mol. The van der Waals surface area contributed by atoms with Crippen LogP contribution in [-0.2, 0) is 16.8 Å². The molecule has 1 saturated heterocycles. The molecule has 6 nitrogen and oxygen atoms in total. The SMILES string of the molecule is Nc1cccc(-c2cc3c(s2)CCOC32CCN(C(=O)c3ccncc3)CC2)n1. The number of carbonyl (C=O) groups is 1. The van der Waals surface area contributed by atoms with Crippen molar-refractivity contribution in [2.75, 3.05) is 25.4 Å². The molecule has 1 fully saturated rings. The van der Waals surface area contributed by atoms with Crippen molar-refractivity contribution >= 4 is 23.1 Å². The van der Waals surface area contributed by atoms with Crippen molar-refractivity contribution < 1.29 is 9.53 Å². The van der Waals surface area contributed by atoms with Crippen LogP contribution in [0.4, 0.5) is 5.82 Å². The predicted octanol–water partition coefficient (Wildman–Crippen LogP) is 3.49. The minimum Gasteiger partial charge on any atom is -0.384 e. The lowest BCUT2D eigenvalue weighted by Crippen LogP contribution is -2.48. The average Bonchev–Trinajstić information content (AvgIpc) is 3.21. The number of amides is 1. The lowest BCUT2D eigenvalue weighted by atomic mass is 9.82. The number of hydrogen-bond acceptors (Lipinski definition) is 6. The Morgan fingerprint density at radius 3 is 2.72 bits per heavy atom. The fourth-order valence-corrected chi connectivity index (χ4v) is 5.49. The van der Waals surface area contributed by atoms with Gasteiger partial charge >= 0.3 is 0 Å². The minimum atomic E-state index is -0.308. The van der Waals surface area contributed by atoms with Crippen LogP contribution in [0.25, 0.3) is 10.6 Å². The molecule has 2 aliphatic heterocycles. The van der Waals surface area contributed by atoms with Crippen molar-refractivity contribution in [1.29, 1.82) is 0 Å². The molecule has 5 heterocycles. The molecule has 2 N–H and O–H groups in total. The lowest BCUT2D eigenvalue weighted by Gasteiger charge is -2.44. The van der Waals surface area contributed by atoms with Crippen LogP contribution >= 0.6 is 11.3 Å². The standard InChI is InChI=1S/C22H22N4O2S/c23-20-3-1-2-17(25-20)19-14-16-18(29-19)6-13-28-22(16)7-11-26(12-8-22)21(27)15-4-9-24-10-5-15/h1-5,9-10,14H,6-8,11-13H2,(H2,23,25). The fourth-order valence-electron chi connectivity index (χ4n) is 4.29. The summed E-state index contributed by atoms with van der Waals surface area (Å²) in [5, 5.41) is 0. The summed E-state index contributed by atoms with van der Waals surface area (Å²) in [6.07, 6.45) is 5.84. The maximum atomic E-state index is 12.8. The second-order valence-electron chi connectivity index (χ2n) is 7.52. The Bertz CT molecular complexity index is 1040. The Labute approximate surface area is 173 Å². The van der Waals surface area contributed by atoms with Crippen LogP contribution in [0.1, 0.15) is 33.6 Å². The topological polar surface area (TPSA) is 81.3 Å². The number of nitrogens with zero attached hydrogens (tertiary/aromatic N) is 3. The van der Waals surface area contributed by atoms with E-state index in [1.54, 1.807) is 41.9 Å². The first-order valence-electron chi connectivity index (χ1n) is 9.84. The second-order valence-corrected chi connectivity index (χ2v) is 8.65. The van der Waals surface area contributed by atoms with Crippen molar-refractivity contribution in [2.45, 2.75) is 24.9 Å². The van der Waals surface area contributed by atoms with Gasteiger partial charge in [0.25, 0.3) is 5.91 Å². The van der Waals surface area contributed by atoms with E-state index in [0.717, 1.165) is 36.4 Å². The number of aromatic nitrogens is 2. The van der Waals surface area contributed by atoms with Crippen LogP contribution in [0.3, 0.4) is 0 Å². The van der Waals surface area contributed by atoms with Crippen molar-refractivity contribution in [3.63, 3.8) is 0 Å². The predicted molar refractivity (Wildman–Crippen MR) is 113 cm³/mol. The van der Waals surface area contributed by atoms with Gasteiger partial charge in [-0.15, -0.1) is 11.3 Å². The first-order valence-corrected chi connectivity index (χ1v) is 10.7. The molecule has 148 valence electrons. The van der Waals surface area contributed by atoms with E-state index in [1.807, 2.05) is 17.0 Å². The molecule has 0 atom stereocenters. The van der Waals surface area contributed by atoms with Crippen LogP contribution in [0.5, 0.6) is 0 Å². The largest absolute Gasteiger partial charge is 0.384 e. The third kappa shape index (κ3) is 3.30. The maximum Gasteiger partial charge on any atom is 0.253 e. The third-order valence-electron chi connectivity index (χ3n) is 5.82. The van der Waals surface area contributed by atoms with E-state index >= 15 is 0 Å². The molecule has 7 heteroatoms. The molecule has 29 heavy (non-hydrogen) atoms. The highest BCUT2D eigenvalue weighted by Crippen LogP contribution is 2.46. The summed E-state index contributed by atoms with van der Waals surface area (Å²) in [7, 11) is 0. The number of ether oxygens (including phenoxy) is 1. The molecule has 5 rings (SSSR count). The summed E-state index contributed by atoms with van der Waals surface area (Å²) in [4.78, 5) is 25.7. The molecule has 1 spiro atoms. The molecule has 1 amide bonds. The summed E-state index contributed by atoms with van der Waals surface area (Å²) >= 11 is 1.78. The molecular formula is C22H22N4O2S. The Morgan fingerprint density at radius 1 is 1.17 bits per heavy atom. The summed E-state index contributed by atoms with van der Waals surface area (Å²) < 4.78 is 6.35. The van der Waals surface area contributed by atoms with Crippen LogP contribution in [0, 0.1) is 0 Å². The molecule has 3 aromatic rings. The number of rotatable bonds is 2. The van der Waals surface area contributed by atoms with Gasteiger partial charge in [-0.05, 0) is 48.7 Å². The van der Waals surface area contributed by atoms with Gasteiger partial charge in [-0.1, -0.05) is 6.07 Å². The molecule has 3 aromatic heterocycles. The van der Waals surface area contributed by atoms with Crippen LogP contribution in [-0.4, -0.2) is 40.5 Å². The Kier molecular flexibility index (Phi) is 4.56. The summed E-state index contributed by atoms with van der Waals surface area (Å²) in [5.74, 6) is 0.594. The van der Waals surface area contributed by atoms with Gasteiger partial charge in [0, 0.05) is 42.3 Å². The Hall–Kier alpha value is -2.77. The molecule has 0 unspecified atom stereocenters. The Balaban J connectivity index is 1.39. The zero-order valence-electron chi connectivity index (χ0n) is 16.0. The number of nitrogens with two attached hydrogens (primary N) is 1. The summed E-state index contributed by atoms with van der Waals surface area (Å²) in [6.45, 7) is 2.08. The molecule has 0 bridgehead atoms. The molecule has 0 saturated carbocycles. The molecular weight excluding hydrogens is 384 g/mol. The quantitative estimate of drug-likeness (QED) is 0.705. The molecule has 2 aliphatic rings. The second kappa shape index (κ2) is 7.24. The average molecular weight is 407 g/mol. The highest BCUT2D eigenvalue weighted by atomic mass is 32.1. The number of hydrogen-bond donors (Lipinski definition) is 1. The van der Waals surface area contributed by atoms with E-state index in [4.69, 9.17) is 10.5 Å². The van der Waals surface area contributed by atoms with E-state index in [2.05, 4.69) is 16.0 Å². The summed E-state index contributed by atoms with van der Waals surface area (Å²) in [6, 6.07) is 11.5. The number of nitrogen functional groups attached to an aromatic ring is 1. The van der Waals surface area contributed by atoms with Crippen molar-refractivity contribution in [2.24, 2.45) is 0 Å². The molecule has 0 aliphatic carbocycles. The highest BCUT2D eigenvalue weighted by Gasteiger charge is 2.43. The number of thiophene rings is 1. The molecule has 0 aromatic carbocycles. The number of anilines is 1. The first-order chi connectivity index (χ1) is 14.1. The zero-order valence-corrected chi connectivity index (χ0v) is 16.8. The number of pyridine rings is 2. The van der Waals surface area contributed by atoms with Gasteiger partial charge in [0.1, 0.15) is 5.82 Å². The lowest BCUT2D eigenvalue weighted by molar-refractivity contribution is -0.0926. The van der Waals surface area contributed by atoms with Gasteiger partial charge in [0.05, 0.1) is 22.8 Å². The number of fused-ring (bicyclic) bond motifs is 2. The number of carbonyl (C=O) groups excluding carboxylic acids is 1. The van der Waals surface area contributed by atoms with E-state index in [9.17, 15) is 4.79 Å². The van der Waals surface area contributed by atoms with E-state index in [1.165, 1.54) is 10.4 Å². The van der Waals surface area contributed by atoms with Crippen molar-refractivity contribution in [1.82, 2.24) is 14.9 Å². The maximum absolute atomic E-state index is 12.8. The van der Waals surface area contributed by atoms with Crippen LogP contribution in [0.2, 0.25) is 0 Å². The van der Waals surface area contributed by atoms with Gasteiger partial charge in [0.15, 0.2) is 0 Å². The number of likely N-dealkylation sites (tertiary alicyclic amines) is 1. The summed E-state index contributed by atoms with van der Waals surface area (Å²) in [5.41, 5.74) is 8.43. The highest BCUT2D eigenvalue weighted by molar-refractivity contribution is 7.15. The van der Waals surface area contributed by atoms with Crippen molar-refractivity contribution in [3.05, 3.63) is 64.8 Å². The van der Waals surface area contributed by atoms with Gasteiger partial charge in [-0.2, -0.15) is 0 Å². The van der Waals surface area contributed by atoms with E-state index in [-0.39, 0.29) is 11.5 Å². The van der Waals surface area contributed by atoms with E-state index < -0.39 is 0 Å². The number of piperidine rings is 1. The third-order valence-corrected chi connectivity index (χ3v) is 7.03. The Morgan fingerprint density at radius 2 is 1.97 bits per heavy atom. The fraction of sp³-hybridized carbons (Fsp3) is 0.318. The first kappa shape index (κ1) is 18.3. The smallest absolute Gasteiger partial charge is 0.253 e.